The highest BCUT2D eigenvalue weighted by Crippen LogP contribution is 2.46. The van der Waals surface area contributed by atoms with Crippen molar-refractivity contribution in [3.63, 3.8) is 0 Å². The number of halogens is 1. The predicted molar refractivity (Wildman–Crippen MR) is 90.4 cm³/mol. The summed E-state index contributed by atoms with van der Waals surface area (Å²) in [6, 6.07) is 2.44. The molecule has 0 aliphatic heterocycles. The third-order valence-electron chi connectivity index (χ3n) is 4.26. The van der Waals surface area contributed by atoms with E-state index in [2.05, 4.69) is 53.5 Å². The van der Waals surface area contributed by atoms with Gasteiger partial charge >= 0.3 is 0 Å². The molecular weight excluding hydrogens is 334 g/mol. The van der Waals surface area contributed by atoms with Crippen LogP contribution < -0.4 is 5.32 Å². The minimum atomic E-state index is -0.0458. The SMILES string of the molecule is CCNC(c1sccc1Br)C1(OCC)CCCC(C)C1. The summed E-state index contributed by atoms with van der Waals surface area (Å²) in [7, 11) is 0. The van der Waals surface area contributed by atoms with E-state index in [-0.39, 0.29) is 5.60 Å². The van der Waals surface area contributed by atoms with Gasteiger partial charge in [-0.2, -0.15) is 0 Å². The molecule has 3 unspecified atom stereocenters. The number of hydrogen-bond acceptors (Lipinski definition) is 3. The molecule has 2 rings (SSSR count). The minimum Gasteiger partial charge on any atom is -0.373 e. The Balaban J connectivity index is 2.34. The van der Waals surface area contributed by atoms with Gasteiger partial charge in [0.25, 0.3) is 0 Å². The van der Waals surface area contributed by atoms with Crippen LogP contribution in [0.4, 0.5) is 0 Å². The molecule has 1 fully saturated rings. The van der Waals surface area contributed by atoms with Gasteiger partial charge in [0, 0.05) is 16.0 Å². The van der Waals surface area contributed by atoms with Crippen LogP contribution in [0.25, 0.3) is 0 Å². The largest absolute Gasteiger partial charge is 0.373 e. The van der Waals surface area contributed by atoms with Gasteiger partial charge < -0.3 is 10.1 Å². The molecule has 4 heteroatoms. The highest BCUT2D eigenvalue weighted by atomic mass is 79.9. The average Bonchev–Trinajstić information content (AvgIpc) is 2.82. The van der Waals surface area contributed by atoms with E-state index in [9.17, 15) is 0 Å². The lowest BCUT2D eigenvalue weighted by atomic mass is 9.74. The van der Waals surface area contributed by atoms with E-state index in [1.165, 1.54) is 22.2 Å². The predicted octanol–water partition coefficient (Wildman–Crippen LogP) is 5.15. The van der Waals surface area contributed by atoms with Crippen LogP contribution in [0, 0.1) is 5.92 Å². The molecule has 1 aliphatic rings. The van der Waals surface area contributed by atoms with E-state index in [1.54, 1.807) is 0 Å². The van der Waals surface area contributed by atoms with Gasteiger partial charge in [-0.3, -0.25) is 0 Å². The van der Waals surface area contributed by atoms with E-state index in [0.29, 0.717) is 6.04 Å². The van der Waals surface area contributed by atoms with Crippen molar-refractivity contribution in [2.45, 2.75) is 58.1 Å². The Hall–Kier alpha value is 0.1000. The van der Waals surface area contributed by atoms with Crippen LogP contribution in [-0.2, 0) is 4.74 Å². The van der Waals surface area contributed by atoms with Crippen LogP contribution in [0.2, 0.25) is 0 Å². The first-order chi connectivity index (χ1) is 9.63. The second-order valence-electron chi connectivity index (χ2n) is 5.82. The summed E-state index contributed by atoms with van der Waals surface area (Å²) in [6.07, 6.45) is 4.92. The van der Waals surface area contributed by atoms with Crippen LogP contribution in [-0.4, -0.2) is 18.8 Å². The highest BCUT2D eigenvalue weighted by Gasteiger charge is 2.44. The normalized spacial score (nSPS) is 28.5. The number of nitrogens with one attached hydrogen (secondary N) is 1. The van der Waals surface area contributed by atoms with Crippen molar-refractivity contribution in [2.75, 3.05) is 13.2 Å². The Morgan fingerprint density at radius 3 is 2.90 bits per heavy atom. The first-order valence-electron chi connectivity index (χ1n) is 7.73. The summed E-state index contributed by atoms with van der Waals surface area (Å²) in [6.45, 7) is 8.42. The van der Waals surface area contributed by atoms with E-state index >= 15 is 0 Å². The van der Waals surface area contributed by atoms with Crippen LogP contribution in [0.15, 0.2) is 15.9 Å². The average molecular weight is 360 g/mol. The quantitative estimate of drug-likeness (QED) is 0.758. The molecule has 114 valence electrons. The van der Waals surface area contributed by atoms with Gasteiger partial charge in [0.2, 0.25) is 0 Å². The topological polar surface area (TPSA) is 21.3 Å². The smallest absolute Gasteiger partial charge is 0.0887 e. The summed E-state index contributed by atoms with van der Waals surface area (Å²) in [5, 5.41) is 5.86. The third kappa shape index (κ3) is 3.46. The number of hydrogen-bond donors (Lipinski definition) is 1. The minimum absolute atomic E-state index is 0.0458. The Morgan fingerprint density at radius 2 is 2.35 bits per heavy atom. The lowest BCUT2D eigenvalue weighted by Gasteiger charge is -2.45. The number of rotatable bonds is 6. The van der Waals surface area contributed by atoms with Gasteiger partial charge in [0.05, 0.1) is 11.6 Å². The van der Waals surface area contributed by atoms with E-state index in [1.807, 2.05) is 11.3 Å². The summed E-state index contributed by atoms with van der Waals surface area (Å²) in [5.41, 5.74) is -0.0458. The summed E-state index contributed by atoms with van der Waals surface area (Å²) in [4.78, 5) is 1.38. The number of likely N-dealkylation sites (N-methyl/N-ethyl adjacent to an activating group) is 1. The van der Waals surface area contributed by atoms with Gasteiger partial charge in [-0.25, -0.2) is 0 Å². The Kier molecular flexibility index (Phi) is 6.09. The van der Waals surface area contributed by atoms with E-state index in [0.717, 1.165) is 31.9 Å². The molecule has 0 bridgehead atoms. The van der Waals surface area contributed by atoms with Crippen molar-refractivity contribution in [1.29, 1.82) is 0 Å². The Morgan fingerprint density at radius 1 is 1.55 bits per heavy atom. The molecule has 0 saturated heterocycles. The summed E-state index contributed by atoms with van der Waals surface area (Å²) < 4.78 is 7.57. The maximum Gasteiger partial charge on any atom is 0.0887 e. The second kappa shape index (κ2) is 7.39. The van der Waals surface area contributed by atoms with Crippen LogP contribution >= 0.6 is 27.3 Å². The molecule has 1 aliphatic carbocycles. The molecule has 2 nitrogen and oxygen atoms in total. The molecule has 3 atom stereocenters. The van der Waals surface area contributed by atoms with Crippen molar-refractivity contribution in [2.24, 2.45) is 5.92 Å². The fraction of sp³-hybridized carbons (Fsp3) is 0.750. The maximum absolute atomic E-state index is 6.36. The maximum atomic E-state index is 6.36. The monoisotopic (exact) mass is 359 g/mol. The number of ether oxygens (including phenoxy) is 1. The van der Waals surface area contributed by atoms with E-state index in [4.69, 9.17) is 4.74 Å². The number of thiophene rings is 1. The van der Waals surface area contributed by atoms with Crippen LogP contribution in [0.3, 0.4) is 0 Å². The second-order valence-corrected chi connectivity index (χ2v) is 7.62. The van der Waals surface area contributed by atoms with Crippen molar-refractivity contribution in [3.05, 3.63) is 20.8 Å². The van der Waals surface area contributed by atoms with Crippen molar-refractivity contribution >= 4 is 27.3 Å². The molecule has 20 heavy (non-hydrogen) atoms. The highest BCUT2D eigenvalue weighted by molar-refractivity contribution is 9.10. The Labute approximate surface area is 135 Å². The summed E-state index contributed by atoms with van der Waals surface area (Å²) in [5.74, 6) is 0.746. The third-order valence-corrected chi connectivity index (χ3v) is 6.20. The van der Waals surface area contributed by atoms with Crippen LogP contribution in [0.5, 0.6) is 0 Å². The van der Waals surface area contributed by atoms with Crippen molar-refractivity contribution < 1.29 is 4.74 Å². The molecule has 1 heterocycles. The molecule has 0 radical (unpaired) electrons. The lowest BCUT2D eigenvalue weighted by molar-refractivity contribution is -0.101. The lowest BCUT2D eigenvalue weighted by Crippen LogP contribution is -2.49. The van der Waals surface area contributed by atoms with Crippen molar-refractivity contribution in [3.8, 4) is 0 Å². The molecule has 1 N–H and O–H groups in total. The summed E-state index contributed by atoms with van der Waals surface area (Å²) >= 11 is 5.54. The standard InChI is InChI=1S/C16H26BrNOS/c1-4-18-15(14-13(17)8-10-20-14)16(19-5-2)9-6-7-12(3)11-16/h8,10,12,15,18H,4-7,9,11H2,1-3H3. The molecule has 1 aromatic heterocycles. The van der Waals surface area contributed by atoms with Gasteiger partial charge in [-0.05, 0) is 59.6 Å². The Bertz CT molecular complexity index is 418. The zero-order chi connectivity index (χ0) is 14.6. The van der Waals surface area contributed by atoms with Gasteiger partial charge in [0.15, 0.2) is 0 Å². The molecule has 0 aromatic carbocycles. The zero-order valence-electron chi connectivity index (χ0n) is 12.7. The molecule has 0 spiro atoms. The molecule has 0 amide bonds. The molecule has 1 saturated carbocycles. The van der Waals surface area contributed by atoms with Crippen molar-refractivity contribution in [1.82, 2.24) is 5.32 Å². The van der Waals surface area contributed by atoms with Gasteiger partial charge in [-0.15, -0.1) is 11.3 Å². The van der Waals surface area contributed by atoms with Gasteiger partial charge in [-0.1, -0.05) is 26.7 Å². The van der Waals surface area contributed by atoms with Crippen LogP contribution in [0.1, 0.15) is 57.4 Å². The first-order valence-corrected chi connectivity index (χ1v) is 9.40. The molecular formula is C16H26BrNOS. The first kappa shape index (κ1) is 16.5. The fourth-order valence-electron chi connectivity index (χ4n) is 3.54. The fourth-order valence-corrected chi connectivity index (χ4v) is 5.32. The molecule has 1 aromatic rings. The van der Waals surface area contributed by atoms with E-state index < -0.39 is 0 Å². The zero-order valence-corrected chi connectivity index (χ0v) is 15.1. The van der Waals surface area contributed by atoms with Gasteiger partial charge in [0.1, 0.15) is 0 Å².